The molecule has 1 aromatic rings. The summed E-state index contributed by atoms with van der Waals surface area (Å²) < 4.78 is 9.71. The van der Waals surface area contributed by atoms with Crippen molar-refractivity contribution in [3.8, 4) is 6.01 Å². The van der Waals surface area contributed by atoms with Crippen molar-refractivity contribution in [2.45, 2.75) is 6.92 Å². The molecule has 0 saturated heterocycles. The van der Waals surface area contributed by atoms with Crippen LogP contribution in [0, 0.1) is 0 Å². The topological polar surface area (TPSA) is 87.3 Å². The van der Waals surface area contributed by atoms with Crippen LogP contribution in [-0.2, 0) is 4.74 Å². The Morgan fingerprint density at radius 1 is 1.67 bits per heavy atom. The second kappa shape index (κ2) is 5.40. The molecule has 0 fully saturated rings. The maximum atomic E-state index is 11.3. The summed E-state index contributed by atoms with van der Waals surface area (Å²) in [5.74, 6) is -0.488. The first-order valence-corrected chi connectivity index (χ1v) is 5.34. The van der Waals surface area contributed by atoms with Gasteiger partial charge in [0.15, 0.2) is 0 Å². The second-order valence-corrected chi connectivity index (χ2v) is 2.92. The van der Waals surface area contributed by atoms with Crippen molar-refractivity contribution in [1.29, 1.82) is 0 Å². The normalized spacial score (nSPS) is 9.73. The fourth-order valence-corrected chi connectivity index (χ4v) is 1.09. The molecule has 0 bridgehead atoms. The first kappa shape index (κ1) is 11.6. The summed E-state index contributed by atoms with van der Waals surface area (Å²) in [6, 6.07) is 0.119. The lowest BCUT2D eigenvalue weighted by atomic mass is 10.3. The third-order valence-corrected chi connectivity index (χ3v) is 1.77. The molecule has 1 heterocycles. The van der Waals surface area contributed by atoms with E-state index >= 15 is 0 Å². The zero-order valence-electron chi connectivity index (χ0n) is 8.39. The lowest BCUT2D eigenvalue weighted by Crippen LogP contribution is -2.10. The molecule has 15 heavy (non-hydrogen) atoms. The van der Waals surface area contributed by atoms with Crippen LogP contribution in [0.3, 0.4) is 0 Å². The van der Waals surface area contributed by atoms with Crippen LogP contribution in [-0.4, -0.2) is 28.8 Å². The van der Waals surface area contributed by atoms with Gasteiger partial charge in [0.05, 0.1) is 24.8 Å². The Balaban J connectivity index is 2.87. The lowest BCUT2D eigenvalue weighted by Gasteiger charge is -2.04. The van der Waals surface area contributed by atoms with Gasteiger partial charge in [-0.1, -0.05) is 0 Å². The lowest BCUT2D eigenvalue weighted by molar-refractivity contribution is 0.0526. The fraction of sp³-hybridized carbons (Fsp3) is 0.375. The van der Waals surface area contributed by atoms with E-state index in [2.05, 4.69) is 9.97 Å². The van der Waals surface area contributed by atoms with E-state index in [-0.39, 0.29) is 24.0 Å². The minimum atomic E-state index is -0.536. The Hall–Kier alpha value is -1.50. The van der Waals surface area contributed by atoms with Crippen molar-refractivity contribution in [2.24, 2.45) is 0 Å². The van der Waals surface area contributed by atoms with Gasteiger partial charge in [-0.05, 0) is 6.92 Å². The van der Waals surface area contributed by atoms with Crippen LogP contribution in [0.25, 0.3) is 0 Å². The summed E-state index contributed by atoms with van der Waals surface area (Å²) in [5.41, 5.74) is 5.69. The summed E-state index contributed by atoms with van der Waals surface area (Å²) in [6.45, 7) is 1.99. The SMILES string of the molecule is CCOC(=O)c1cnc(OSC)nc1N. The van der Waals surface area contributed by atoms with E-state index in [1.807, 2.05) is 0 Å². The molecule has 0 radical (unpaired) electrons. The van der Waals surface area contributed by atoms with E-state index in [1.165, 1.54) is 6.20 Å². The zero-order chi connectivity index (χ0) is 11.3. The number of anilines is 1. The van der Waals surface area contributed by atoms with Gasteiger partial charge in [-0.2, -0.15) is 4.98 Å². The first-order chi connectivity index (χ1) is 7.19. The molecule has 0 spiro atoms. The number of nitrogen functional groups attached to an aromatic ring is 1. The molecule has 0 amide bonds. The average molecular weight is 229 g/mol. The Kier molecular flexibility index (Phi) is 4.17. The predicted octanol–water partition coefficient (Wildman–Crippen LogP) is 0.892. The van der Waals surface area contributed by atoms with Gasteiger partial charge in [-0.15, -0.1) is 0 Å². The number of hydrogen-bond acceptors (Lipinski definition) is 7. The van der Waals surface area contributed by atoms with E-state index in [9.17, 15) is 4.79 Å². The van der Waals surface area contributed by atoms with E-state index < -0.39 is 5.97 Å². The van der Waals surface area contributed by atoms with Crippen molar-refractivity contribution >= 4 is 23.8 Å². The molecule has 2 N–H and O–H groups in total. The number of nitrogens with zero attached hydrogens (tertiary/aromatic N) is 2. The largest absolute Gasteiger partial charge is 0.462 e. The maximum absolute atomic E-state index is 11.3. The highest BCUT2D eigenvalue weighted by molar-refractivity contribution is 7.94. The van der Waals surface area contributed by atoms with Crippen LogP contribution in [0.15, 0.2) is 6.20 Å². The second-order valence-electron chi connectivity index (χ2n) is 2.42. The quantitative estimate of drug-likeness (QED) is 0.606. The maximum Gasteiger partial charge on any atom is 0.343 e. The number of ether oxygens (including phenoxy) is 1. The molecule has 0 aliphatic rings. The van der Waals surface area contributed by atoms with Gasteiger partial charge >= 0.3 is 12.0 Å². The molecule has 1 aromatic heterocycles. The Bertz CT molecular complexity index is 359. The van der Waals surface area contributed by atoms with Crippen molar-refractivity contribution in [3.63, 3.8) is 0 Å². The van der Waals surface area contributed by atoms with Crippen LogP contribution in [0.4, 0.5) is 5.82 Å². The highest BCUT2D eigenvalue weighted by atomic mass is 32.2. The van der Waals surface area contributed by atoms with Gasteiger partial charge in [0.25, 0.3) is 0 Å². The zero-order valence-corrected chi connectivity index (χ0v) is 9.21. The molecular formula is C8H11N3O3S. The van der Waals surface area contributed by atoms with E-state index in [0.717, 1.165) is 12.0 Å². The molecule has 82 valence electrons. The predicted molar refractivity (Wildman–Crippen MR) is 56.5 cm³/mol. The summed E-state index contributed by atoms with van der Waals surface area (Å²) in [6.07, 6.45) is 3.00. The highest BCUT2D eigenvalue weighted by Crippen LogP contribution is 2.14. The van der Waals surface area contributed by atoms with Crippen molar-refractivity contribution in [2.75, 3.05) is 18.6 Å². The van der Waals surface area contributed by atoms with Gasteiger partial charge in [0.2, 0.25) is 0 Å². The monoisotopic (exact) mass is 229 g/mol. The molecule has 0 aliphatic carbocycles. The number of aromatic nitrogens is 2. The molecule has 0 unspecified atom stereocenters. The number of carbonyl (C=O) groups excluding carboxylic acids is 1. The van der Waals surface area contributed by atoms with Crippen LogP contribution >= 0.6 is 12.0 Å². The van der Waals surface area contributed by atoms with Crippen LogP contribution in [0.2, 0.25) is 0 Å². The van der Waals surface area contributed by atoms with Crippen LogP contribution < -0.4 is 9.92 Å². The summed E-state index contributed by atoms with van der Waals surface area (Å²) >= 11 is 1.09. The Morgan fingerprint density at radius 3 is 2.93 bits per heavy atom. The van der Waals surface area contributed by atoms with Crippen LogP contribution in [0.5, 0.6) is 6.01 Å². The van der Waals surface area contributed by atoms with Crippen LogP contribution in [0.1, 0.15) is 17.3 Å². The number of esters is 1. The summed E-state index contributed by atoms with van der Waals surface area (Å²) in [4.78, 5) is 18.9. The van der Waals surface area contributed by atoms with E-state index in [4.69, 9.17) is 14.7 Å². The van der Waals surface area contributed by atoms with Gasteiger partial charge in [-0.25, -0.2) is 9.78 Å². The van der Waals surface area contributed by atoms with E-state index in [0.29, 0.717) is 0 Å². The number of carbonyl (C=O) groups is 1. The molecule has 0 atom stereocenters. The molecule has 0 aromatic carbocycles. The molecule has 0 aliphatic heterocycles. The van der Waals surface area contributed by atoms with E-state index in [1.54, 1.807) is 13.2 Å². The van der Waals surface area contributed by atoms with Gasteiger partial charge in [0.1, 0.15) is 11.4 Å². The number of nitrogens with two attached hydrogens (primary N) is 1. The average Bonchev–Trinajstić information content (AvgIpc) is 2.18. The number of hydrogen-bond donors (Lipinski definition) is 1. The van der Waals surface area contributed by atoms with Gasteiger partial charge < -0.3 is 14.7 Å². The highest BCUT2D eigenvalue weighted by Gasteiger charge is 2.13. The smallest absolute Gasteiger partial charge is 0.343 e. The molecule has 6 nitrogen and oxygen atoms in total. The third kappa shape index (κ3) is 2.98. The fourth-order valence-electron chi connectivity index (χ4n) is 0.859. The van der Waals surface area contributed by atoms with Crippen molar-refractivity contribution in [1.82, 2.24) is 9.97 Å². The van der Waals surface area contributed by atoms with Gasteiger partial charge in [-0.3, -0.25) is 0 Å². The minimum Gasteiger partial charge on any atom is -0.462 e. The van der Waals surface area contributed by atoms with Crippen molar-refractivity contribution in [3.05, 3.63) is 11.8 Å². The van der Waals surface area contributed by atoms with Crippen molar-refractivity contribution < 1.29 is 13.7 Å². The number of rotatable bonds is 4. The molecule has 7 heteroatoms. The summed E-state index contributed by atoms with van der Waals surface area (Å²) in [5, 5.41) is 0. The standard InChI is InChI=1S/C8H11N3O3S/c1-3-13-7(12)5-4-10-8(14-15-2)11-6(5)9/h4H,3H2,1-2H3,(H2,9,10,11). The van der Waals surface area contributed by atoms with Gasteiger partial charge in [0, 0.05) is 6.26 Å². The Labute approximate surface area is 91.4 Å². The first-order valence-electron chi connectivity index (χ1n) is 4.19. The molecular weight excluding hydrogens is 218 g/mol. The summed E-state index contributed by atoms with van der Waals surface area (Å²) in [7, 11) is 0. The minimum absolute atomic E-state index is 0.0486. The Morgan fingerprint density at radius 2 is 2.40 bits per heavy atom. The molecule has 0 saturated carbocycles. The third-order valence-electron chi connectivity index (χ3n) is 1.45. The molecule has 1 rings (SSSR count).